The summed E-state index contributed by atoms with van der Waals surface area (Å²) >= 11 is 0. The Kier molecular flexibility index (Phi) is 5.12. The van der Waals surface area contributed by atoms with Gasteiger partial charge in [-0.2, -0.15) is 0 Å². The van der Waals surface area contributed by atoms with Gasteiger partial charge in [0.15, 0.2) is 0 Å². The minimum atomic E-state index is 0.127. The fourth-order valence-corrected chi connectivity index (χ4v) is 2.61. The second kappa shape index (κ2) is 6.20. The number of hydrogen-bond donors (Lipinski definition) is 0. The highest BCUT2D eigenvalue weighted by atomic mass is 16.5. The van der Waals surface area contributed by atoms with E-state index < -0.39 is 0 Å². The largest absolute Gasteiger partial charge is 0.496 e. The summed E-state index contributed by atoms with van der Waals surface area (Å²) in [7, 11) is 5.73. The molecular weight excluding hydrogens is 238 g/mol. The topological polar surface area (TPSA) is 29.5 Å². The van der Waals surface area contributed by atoms with Crippen LogP contribution in [0, 0.1) is 20.8 Å². The van der Waals surface area contributed by atoms with Gasteiger partial charge in [0.2, 0.25) is 0 Å². The molecule has 0 spiro atoms. The fourth-order valence-electron chi connectivity index (χ4n) is 2.61. The number of nitrogens with zero attached hydrogens (tertiary/aromatic N) is 1. The zero-order chi connectivity index (χ0) is 14.7. The lowest BCUT2D eigenvalue weighted by Gasteiger charge is -2.28. The van der Waals surface area contributed by atoms with Gasteiger partial charge in [0.05, 0.1) is 7.11 Å². The molecule has 1 atom stereocenters. The summed E-state index contributed by atoms with van der Waals surface area (Å²) in [4.78, 5) is 13.6. The van der Waals surface area contributed by atoms with E-state index in [2.05, 4.69) is 31.7 Å². The maximum absolute atomic E-state index is 11.5. The van der Waals surface area contributed by atoms with Crippen LogP contribution < -0.4 is 4.74 Å². The van der Waals surface area contributed by atoms with Gasteiger partial charge in [0, 0.05) is 12.5 Å². The van der Waals surface area contributed by atoms with Crippen LogP contribution in [0.15, 0.2) is 6.07 Å². The zero-order valence-corrected chi connectivity index (χ0v) is 13.1. The molecule has 3 nitrogen and oxygen atoms in total. The Hall–Kier alpha value is -1.35. The van der Waals surface area contributed by atoms with Crippen LogP contribution in [0.3, 0.4) is 0 Å². The zero-order valence-electron chi connectivity index (χ0n) is 13.1. The van der Waals surface area contributed by atoms with E-state index in [-0.39, 0.29) is 11.8 Å². The first-order valence-corrected chi connectivity index (χ1v) is 6.60. The number of rotatable bonds is 5. The van der Waals surface area contributed by atoms with Crippen LogP contribution in [-0.4, -0.2) is 31.9 Å². The van der Waals surface area contributed by atoms with Gasteiger partial charge in [-0.15, -0.1) is 0 Å². The van der Waals surface area contributed by atoms with Gasteiger partial charge in [-0.3, -0.25) is 4.79 Å². The molecular formula is C16H25NO2. The van der Waals surface area contributed by atoms with Crippen molar-refractivity contribution >= 4 is 5.78 Å². The molecule has 0 bridgehead atoms. The number of hydrogen-bond acceptors (Lipinski definition) is 3. The van der Waals surface area contributed by atoms with Crippen LogP contribution in [0.25, 0.3) is 0 Å². The van der Waals surface area contributed by atoms with Crippen LogP contribution in [0.2, 0.25) is 0 Å². The van der Waals surface area contributed by atoms with Crippen molar-refractivity contribution < 1.29 is 9.53 Å². The molecule has 0 amide bonds. The molecule has 0 aliphatic rings. The van der Waals surface area contributed by atoms with Gasteiger partial charge in [-0.25, -0.2) is 0 Å². The highest BCUT2D eigenvalue weighted by Crippen LogP contribution is 2.34. The predicted molar refractivity (Wildman–Crippen MR) is 78.9 cm³/mol. The number of carbonyl (C=O) groups excluding carboxylic acids is 1. The first kappa shape index (κ1) is 15.7. The number of aryl methyl sites for hydroxylation is 1. The Bertz CT molecular complexity index is 478. The Balaban J connectivity index is 3.38. The van der Waals surface area contributed by atoms with Gasteiger partial charge in [-0.05, 0) is 70.1 Å². The van der Waals surface area contributed by atoms with Crippen LogP contribution in [0.4, 0.5) is 0 Å². The van der Waals surface area contributed by atoms with Gasteiger partial charge < -0.3 is 9.64 Å². The Morgan fingerprint density at radius 1 is 1.26 bits per heavy atom. The Morgan fingerprint density at radius 3 is 2.26 bits per heavy atom. The van der Waals surface area contributed by atoms with Crippen molar-refractivity contribution in [3.63, 3.8) is 0 Å². The van der Waals surface area contributed by atoms with Crippen molar-refractivity contribution in [2.45, 2.75) is 40.2 Å². The number of Topliss-reactive ketones (excluding diaryl/α,β-unsaturated/α-hetero) is 1. The highest BCUT2D eigenvalue weighted by molar-refractivity contribution is 5.76. The van der Waals surface area contributed by atoms with Crippen LogP contribution >= 0.6 is 0 Å². The standard InChI is InChI=1S/C16H25NO2/c1-10-8-15(19-7)12(3)13(4)16(10)14(17(5)6)9-11(2)18/h8,14H,9H2,1-7H3. The summed E-state index contributed by atoms with van der Waals surface area (Å²) in [6.07, 6.45) is 0.542. The summed E-state index contributed by atoms with van der Waals surface area (Å²) in [5.74, 6) is 1.13. The smallest absolute Gasteiger partial charge is 0.131 e. The molecule has 0 aliphatic heterocycles. The maximum atomic E-state index is 11.5. The minimum absolute atomic E-state index is 0.127. The number of methoxy groups -OCH3 is 1. The normalized spacial score (nSPS) is 12.6. The van der Waals surface area contributed by atoms with Crippen LogP contribution in [0.1, 0.15) is 41.6 Å². The van der Waals surface area contributed by atoms with E-state index in [1.165, 1.54) is 16.7 Å². The molecule has 0 radical (unpaired) electrons. The Labute approximate surface area is 116 Å². The van der Waals surface area contributed by atoms with E-state index in [0.717, 1.165) is 11.3 Å². The molecule has 0 saturated heterocycles. The molecule has 0 N–H and O–H groups in total. The van der Waals surface area contributed by atoms with Crippen molar-refractivity contribution in [1.29, 1.82) is 0 Å². The van der Waals surface area contributed by atoms with E-state index in [1.807, 2.05) is 14.1 Å². The predicted octanol–water partition coefficient (Wildman–Crippen LogP) is 3.20. The third-order valence-electron chi connectivity index (χ3n) is 3.77. The van der Waals surface area contributed by atoms with Crippen molar-refractivity contribution in [2.24, 2.45) is 0 Å². The molecule has 0 aromatic heterocycles. The lowest BCUT2D eigenvalue weighted by Crippen LogP contribution is -2.24. The summed E-state index contributed by atoms with van der Waals surface area (Å²) in [6.45, 7) is 7.91. The lowest BCUT2D eigenvalue weighted by molar-refractivity contribution is -0.118. The average Bonchev–Trinajstić information content (AvgIpc) is 2.32. The highest BCUT2D eigenvalue weighted by Gasteiger charge is 2.22. The monoisotopic (exact) mass is 263 g/mol. The maximum Gasteiger partial charge on any atom is 0.131 e. The summed E-state index contributed by atoms with van der Waals surface area (Å²) in [5.41, 5.74) is 4.80. The Morgan fingerprint density at radius 2 is 1.84 bits per heavy atom. The van der Waals surface area contributed by atoms with E-state index >= 15 is 0 Å². The molecule has 106 valence electrons. The molecule has 19 heavy (non-hydrogen) atoms. The third-order valence-corrected chi connectivity index (χ3v) is 3.77. The molecule has 0 saturated carbocycles. The SMILES string of the molecule is COc1cc(C)c(C(CC(C)=O)N(C)C)c(C)c1C. The number of ether oxygens (including phenoxy) is 1. The fraction of sp³-hybridized carbons (Fsp3) is 0.562. The lowest BCUT2D eigenvalue weighted by atomic mass is 9.89. The molecule has 1 unspecified atom stereocenters. The van der Waals surface area contributed by atoms with Gasteiger partial charge in [0.1, 0.15) is 11.5 Å². The second-order valence-corrected chi connectivity index (χ2v) is 5.44. The number of carbonyl (C=O) groups is 1. The molecule has 3 heteroatoms. The summed E-state index contributed by atoms with van der Waals surface area (Å²) in [6, 6.07) is 2.19. The molecule has 1 rings (SSSR count). The van der Waals surface area contributed by atoms with Crippen molar-refractivity contribution in [3.8, 4) is 5.75 Å². The first-order chi connectivity index (χ1) is 8.79. The van der Waals surface area contributed by atoms with Gasteiger partial charge >= 0.3 is 0 Å². The summed E-state index contributed by atoms with van der Waals surface area (Å²) < 4.78 is 5.40. The molecule has 0 fully saturated rings. The molecule has 1 aromatic rings. The third kappa shape index (κ3) is 3.35. The van der Waals surface area contributed by atoms with E-state index in [0.29, 0.717) is 6.42 Å². The number of benzene rings is 1. The molecule has 1 aromatic carbocycles. The van der Waals surface area contributed by atoms with Crippen molar-refractivity contribution in [3.05, 3.63) is 28.3 Å². The average molecular weight is 263 g/mol. The van der Waals surface area contributed by atoms with Gasteiger partial charge in [0.25, 0.3) is 0 Å². The van der Waals surface area contributed by atoms with E-state index in [1.54, 1.807) is 14.0 Å². The molecule has 0 heterocycles. The second-order valence-electron chi connectivity index (χ2n) is 5.44. The quantitative estimate of drug-likeness (QED) is 0.817. The van der Waals surface area contributed by atoms with Crippen molar-refractivity contribution in [2.75, 3.05) is 21.2 Å². The van der Waals surface area contributed by atoms with Crippen molar-refractivity contribution in [1.82, 2.24) is 4.90 Å². The summed E-state index contributed by atoms with van der Waals surface area (Å²) in [5, 5.41) is 0. The van der Waals surface area contributed by atoms with E-state index in [9.17, 15) is 4.79 Å². The number of ketones is 1. The first-order valence-electron chi connectivity index (χ1n) is 6.60. The van der Waals surface area contributed by atoms with Gasteiger partial charge in [-0.1, -0.05) is 0 Å². The van der Waals surface area contributed by atoms with E-state index in [4.69, 9.17) is 4.74 Å². The minimum Gasteiger partial charge on any atom is -0.496 e. The van der Waals surface area contributed by atoms with Crippen LogP contribution in [0.5, 0.6) is 5.75 Å². The van der Waals surface area contributed by atoms with Crippen LogP contribution in [-0.2, 0) is 4.79 Å². The molecule has 0 aliphatic carbocycles.